The predicted molar refractivity (Wildman–Crippen MR) is 114 cm³/mol. The third-order valence-corrected chi connectivity index (χ3v) is 5.00. The Morgan fingerprint density at radius 3 is 2.07 bits per heavy atom. The minimum absolute atomic E-state index is 0.459. The van der Waals surface area contributed by atoms with Crippen LogP contribution in [0.25, 0.3) is 0 Å². The van der Waals surface area contributed by atoms with Crippen LogP contribution in [0, 0.1) is 0 Å². The van der Waals surface area contributed by atoms with Gasteiger partial charge in [0, 0.05) is 5.56 Å². The van der Waals surface area contributed by atoms with Gasteiger partial charge in [-0.1, -0.05) is 60.7 Å². The molecule has 30 heavy (non-hydrogen) atoms. The van der Waals surface area contributed by atoms with Gasteiger partial charge in [0.05, 0.1) is 5.71 Å². The summed E-state index contributed by atoms with van der Waals surface area (Å²) in [6.07, 6.45) is 0. The summed E-state index contributed by atoms with van der Waals surface area (Å²) in [5.74, 6) is 0.686. The lowest BCUT2D eigenvalue weighted by Crippen LogP contribution is -2.43. The molecule has 1 aliphatic heterocycles. The number of fused-ring (bicyclic) bond motifs is 1. The third-order valence-electron chi connectivity index (χ3n) is 5.00. The Balaban J connectivity index is 1.62. The van der Waals surface area contributed by atoms with Crippen LogP contribution in [-0.2, 0) is 10.4 Å². The zero-order valence-electron chi connectivity index (χ0n) is 16.5. The lowest BCUT2D eigenvalue weighted by Gasteiger charge is -2.27. The van der Waals surface area contributed by atoms with Crippen molar-refractivity contribution in [3.05, 3.63) is 95.6 Å². The smallest absolute Gasteiger partial charge is 0.281 e. The summed E-state index contributed by atoms with van der Waals surface area (Å²) in [5.41, 5.74) is 2.92. The highest BCUT2D eigenvalue weighted by Gasteiger charge is 2.39. The SMILES string of the molecule is CC(=NNC(=O)C(O)(c1ccccc1)c1ccccc1)c1ccc2c(c1)OCCO2. The monoisotopic (exact) mass is 402 g/mol. The summed E-state index contributed by atoms with van der Waals surface area (Å²) < 4.78 is 11.1. The molecule has 1 amide bonds. The second-order valence-electron chi connectivity index (χ2n) is 6.94. The molecular weight excluding hydrogens is 380 g/mol. The summed E-state index contributed by atoms with van der Waals surface area (Å²) in [7, 11) is 0. The molecule has 2 N–H and O–H groups in total. The van der Waals surface area contributed by atoms with Crippen molar-refractivity contribution in [2.24, 2.45) is 5.10 Å². The molecule has 0 radical (unpaired) electrons. The number of rotatable bonds is 5. The molecule has 6 heteroatoms. The average molecular weight is 402 g/mol. The number of nitrogens with zero attached hydrogens (tertiary/aromatic N) is 1. The van der Waals surface area contributed by atoms with Crippen LogP contribution in [0.5, 0.6) is 11.5 Å². The highest BCUT2D eigenvalue weighted by Crippen LogP contribution is 2.31. The minimum Gasteiger partial charge on any atom is -0.486 e. The number of nitrogens with one attached hydrogen (secondary N) is 1. The fourth-order valence-corrected chi connectivity index (χ4v) is 3.34. The molecule has 1 heterocycles. The van der Waals surface area contributed by atoms with Crippen LogP contribution in [0.15, 0.2) is 84.0 Å². The van der Waals surface area contributed by atoms with Crippen molar-refractivity contribution < 1.29 is 19.4 Å². The van der Waals surface area contributed by atoms with Crippen molar-refractivity contribution in [3.8, 4) is 11.5 Å². The van der Waals surface area contributed by atoms with Crippen LogP contribution in [0.2, 0.25) is 0 Å². The van der Waals surface area contributed by atoms with E-state index in [0.29, 0.717) is 41.6 Å². The predicted octanol–water partition coefficient (Wildman–Crippen LogP) is 3.23. The van der Waals surface area contributed by atoms with Gasteiger partial charge in [0.1, 0.15) is 13.2 Å². The topological polar surface area (TPSA) is 80.2 Å². The van der Waals surface area contributed by atoms with Crippen molar-refractivity contribution in [3.63, 3.8) is 0 Å². The zero-order chi connectivity index (χ0) is 21.0. The van der Waals surface area contributed by atoms with Crippen LogP contribution < -0.4 is 14.9 Å². The maximum Gasteiger partial charge on any atom is 0.281 e. The Bertz CT molecular complexity index is 1030. The normalized spacial score (nSPS) is 13.6. The number of amides is 1. The maximum atomic E-state index is 13.1. The largest absolute Gasteiger partial charge is 0.486 e. The average Bonchev–Trinajstić information content (AvgIpc) is 2.82. The quantitative estimate of drug-likeness (QED) is 0.507. The molecule has 1 aliphatic rings. The summed E-state index contributed by atoms with van der Waals surface area (Å²) in [6.45, 7) is 2.79. The van der Waals surface area contributed by atoms with Gasteiger partial charge in [-0.15, -0.1) is 0 Å². The summed E-state index contributed by atoms with van der Waals surface area (Å²) >= 11 is 0. The highest BCUT2D eigenvalue weighted by atomic mass is 16.6. The maximum absolute atomic E-state index is 13.1. The minimum atomic E-state index is -1.88. The van der Waals surface area contributed by atoms with Crippen LogP contribution in [0.4, 0.5) is 0 Å². The fraction of sp³-hybridized carbons (Fsp3) is 0.167. The molecule has 0 aromatic heterocycles. The van der Waals surface area contributed by atoms with Crippen molar-refractivity contribution >= 4 is 11.6 Å². The van der Waals surface area contributed by atoms with E-state index in [1.54, 1.807) is 55.5 Å². The molecule has 0 atom stereocenters. The van der Waals surface area contributed by atoms with Gasteiger partial charge in [-0.05, 0) is 36.2 Å². The van der Waals surface area contributed by atoms with Crippen LogP contribution in [0.1, 0.15) is 23.6 Å². The molecule has 3 aromatic rings. The fourth-order valence-electron chi connectivity index (χ4n) is 3.34. The molecule has 0 saturated carbocycles. The van der Waals surface area contributed by atoms with Crippen molar-refractivity contribution in [1.29, 1.82) is 0 Å². The van der Waals surface area contributed by atoms with E-state index in [0.717, 1.165) is 5.56 Å². The van der Waals surface area contributed by atoms with Gasteiger partial charge in [0.15, 0.2) is 17.1 Å². The first-order chi connectivity index (χ1) is 14.6. The first-order valence-electron chi connectivity index (χ1n) is 9.67. The van der Waals surface area contributed by atoms with Gasteiger partial charge < -0.3 is 14.6 Å². The molecular formula is C24H22N2O4. The molecule has 0 bridgehead atoms. The van der Waals surface area contributed by atoms with E-state index >= 15 is 0 Å². The number of ether oxygens (including phenoxy) is 2. The number of carbonyl (C=O) groups excluding carboxylic acids is 1. The first kappa shape index (κ1) is 19.7. The number of hydrogen-bond donors (Lipinski definition) is 2. The molecule has 3 aromatic carbocycles. The van der Waals surface area contributed by atoms with Crippen molar-refractivity contribution in [2.75, 3.05) is 13.2 Å². The van der Waals surface area contributed by atoms with Crippen LogP contribution in [0.3, 0.4) is 0 Å². The molecule has 0 spiro atoms. The third kappa shape index (κ3) is 3.77. The summed E-state index contributed by atoms with van der Waals surface area (Å²) in [5, 5.41) is 15.7. The van der Waals surface area contributed by atoms with Crippen molar-refractivity contribution in [2.45, 2.75) is 12.5 Å². The Kier molecular flexibility index (Phi) is 5.50. The summed E-state index contributed by atoms with van der Waals surface area (Å²) in [4.78, 5) is 13.1. The molecule has 0 saturated heterocycles. The van der Waals surface area contributed by atoms with Gasteiger partial charge in [0.25, 0.3) is 5.91 Å². The van der Waals surface area contributed by atoms with E-state index in [1.807, 2.05) is 30.3 Å². The first-order valence-corrected chi connectivity index (χ1v) is 9.67. The lowest BCUT2D eigenvalue weighted by atomic mass is 9.85. The Hall–Kier alpha value is -3.64. The second-order valence-corrected chi connectivity index (χ2v) is 6.94. The Morgan fingerprint density at radius 2 is 1.47 bits per heavy atom. The van der Waals surface area contributed by atoms with E-state index in [2.05, 4.69) is 10.5 Å². The van der Waals surface area contributed by atoms with Gasteiger partial charge in [-0.2, -0.15) is 5.10 Å². The summed E-state index contributed by atoms with van der Waals surface area (Å²) in [6, 6.07) is 23.1. The van der Waals surface area contributed by atoms with Crippen molar-refractivity contribution in [1.82, 2.24) is 5.43 Å². The number of benzene rings is 3. The van der Waals surface area contributed by atoms with Gasteiger partial charge in [0.2, 0.25) is 0 Å². The standard InChI is InChI=1S/C24H22N2O4/c1-17(18-12-13-21-22(16-18)30-15-14-29-21)25-26-23(27)24(28,19-8-4-2-5-9-19)20-10-6-3-7-11-20/h2-13,16,28H,14-15H2,1H3,(H,26,27). The van der Waals surface area contributed by atoms with Crippen LogP contribution in [-0.4, -0.2) is 29.9 Å². The van der Waals surface area contributed by atoms with E-state index in [9.17, 15) is 9.90 Å². The number of carbonyl (C=O) groups is 1. The van der Waals surface area contributed by atoms with E-state index < -0.39 is 11.5 Å². The molecule has 152 valence electrons. The zero-order valence-corrected chi connectivity index (χ0v) is 16.5. The second kappa shape index (κ2) is 8.39. The molecule has 0 fully saturated rings. The highest BCUT2D eigenvalue weighted by molar-refractivity contribution is 6.00. The van der Waals surface area contributed by atoms with Gasteiger partial charge in [-0.3, -0.25) is 4.79 Å². The number of hydrazone groups is 1. The molecule has 6 nitrogen and oxygen atoms in total. The van der Waals surface area contributed by atoms with Gasteiger partial charge >= 0.3 is 0 Å². The molecule has 0 unspecified atom stereocenters. The molecule has 4 rings (SSSR count). The van der Waals surface area contributed by atoms with E-state index in [4.69, 9.17) is 9.47 Å². The lowest BCUT2D eigenvalue weighted by molar-refractivity contribution is -0.136. The van der Waals surface area contributed by atoms with E-state index in [1.165, 1.54) is 0 Å². The van der Waals surface area contributed by atoms with Gasteiger partial charge in [-0.25, -0.2) is 5.43 Å². The van der Waals surface area contributed by atoms with E-state index in [-0.39, 0.29) is 0 Å². The Labute approximate surface area is 174 Å². The number of hydrogen-bond acceptors (Lipinski definition) is 5. The van der Waals surface area contributed by atoms with Crippen LogP contribution >= 0.6 is 0 Å². The Morgan fingerprint density at radius 1 is 0.900 bits per heavy atom. The number of aliphatic hydroxyl groups is 1. The molecule has 0 aliphatic carbocycles.